The summed E-state index contributed by atoms with van der Waals surface area (Å²) < 4.78 is 28.2. The molecule has 0 aromatic heterocycles. The topological polar surface area (TPSA) is 95.6 Å². The van der Waals surface area contributed by atoms with E-state index in [1.54, 1.807) is 38.1 Å². The molecule has 7 nitrogen and oxygen atoms in total. The molecular weight excluding hydrogens is 402 g/mol. The molecule has 0 saturated carbocycles. The third-order valence-electron chi connectivity index (χ3n) is 5.23. The van der Waals surface area contributed by atoms with Gasteiger partial charge in [0.1, 0.15) is 0 Å². The number of nitrogens with one attached hydrogen (secondary N) is 2. The van der Waals surface area contributed by atoms with Crippen molar-refractivity contribution in [3.8, 4) is 0 Å². The van der Waals surface area contributed by atoms with Gasteiger partial charge in [-0.3, -0.25) is 9.59 Å². The van der Waals surface area contributed by atoms with E-state index in [0.29, 0.717) is 41.1 Å². The maximum atomic E-state index is 13.4. The smallest absolute Gasteiger partial charge is 0.313 e. The van der Waals surface area contributed by atoms with Gasteiger partial charge in [-0.2, -0.15) is 4.31 Å². The van der Waals surface area contributed by atoms with Crippen LogP contribution in [0.15, 0.2) is 47.4 Å². The van der Waals surface area contributed by atoms with Crippen molar-refractivity contribution in [1.82, 2.24) is 9.62 Å². The first kappa shape index (κ1) is 22.0. The van der Waals surface area contributed by atoms with E-state index < -0.39 is 21.8 Å². The SMILES string of the molecule is Cc1cc(C)c(S(=O)(=O)N2CCC[C@@H]2CNC(=O)C(=O)Nc2ccccc2)c(C)c1. The van der Waals surface area contributed by atoms with E-state index in [1.807, 2.05) is 25.1 Å². The van der Waals surface area contributed by atoms with Crippen molar-refractivity contribution in [3.05, 3.63) is 59.2 Å². The molecule has 2 aromatic carbocycles. The van der Waals surface area contributed by atoms with Gasteiger partial charge in [0.05, 0.1) is 4.90 Å². The van der Waals surface area contributed by atoms with Crippen LogP contribution in [0.5, 0.6) is 0 Å². The first-order chi connectivity index (χ1) is 14.2. The molecule has 8 heteroatoms. The summed E-state index contributed by atoms with van der Waals surface area (Å²) in [5.74, 6) is -1.57. The summed E-state index contributed by atoms with van der Waals surface area (Å²) in [6.45, 7) is 6.02. The predicted octanol–water partition coefficient (Wildman–Crippen LogP) is 2.52. The van der Waals surface area contributed by atoms with Crippen molar-refractivity contribution in [2.45, 2.75) is 44.6 Å². The monoisotopic (exact) mass is 429 g/mol. The number of benzene rings is 2. The number of hydrogen-bond acceptors (Lipinski definition) is 4. The molecule has 1 saturated heterocycles. The van der Waals surface area contributed by atoms with Gasteiger partial charge in [0.2, 0.25) is 10.0 Å². The fourth-order valence-corrected chi connectivity index (χ4v) is 6.13. The summed E-state index contributed by atoms with van der Waals surface area (Å²) in [4.78, 5) is 24.6. The van der Waals surface area contributed by atoms with Gasteiger partial charge in [0.25, 0.3) is 0 Å². The molecule has 2 N–H and O–H groups in total. The molecule has 2 amide bonds. The minimum absolute atomic E-state index is 0.0875. The number of aryl methyl sites for hydroxylation is 3. The minimum atomic E-state index is -3.70. The lowest BCUT2D eigenvalue weighted by atomic mass is 10.1. The highest BCUT2D eigenvalue weighted by atomic mass is 32.2. The van der Waals surface area contributed by atoms with Crippen LogP contribution in [0.4, 0.5) is 5.69 Å². The van der Waals surface area contributed by atoms with Crippen molar-refractivity contribution in [2.24, 2.45) is 0 Å². The number of para-hydroxylation sites is 1. The molecule has 30 heavy (non-hydrogen) atoms. The van der Waals surface area contributed by atoms with E-state index in [9.17, 15) is 18.0 Å². The Bertz CT molecular complexity index is 1030. The van der Waals surface area contributed by atoms with Crippen LogP contribution in [0.3, 0.4) is 0 Å². The first-order valence-electron chi connectivity index (χ1n) is 9.94. The van der Waals surface area contributed by atoms with E-state index >= 15 is 0 Å². The zero-order valence-electron chi connectivity index (χ0n) is 17.4. The second-order valence-corrected chi connectivity index (χ2v) is 9.50. The molecule has 0 bridgehead atoms. The molecule has 0 radical (unpaired) electrons. The van der Waals surface area contributed by atoms with Gasteiger partial charge >= 0.3 is 11.8 Å². The second kappa shape index (κ2) is 8.97. The maximum Gasteiger partial charge on any atom is 0.313 e. The normalized spacial score (nSPS) is 17.0. The van der Waals surface area contributed by atoms with Crippen LogP contribution in [0.25, 0.3) is 0 Å². The Morgan fingerprint density at radius 1 is 1.03 bits per heavy atom. The van der Waals surface area contributed by atoms with Crippen LogP contribution in [-0.4, -0.2) is 43.7 Å². The summed E-state index contributed by atoms with van der Waals surface area (Å²) in [5, 5.41) is 5.10. The quantitative estimate of drug-likeness (QED) is 0.714. The van der Waals surface area contributed by atoms with E-state index in [0.717, 1.165) is 5.56 Å². The van der Waals surface area contributed by atoms with Crippen molar-refractivity contribution in [2.75, 3.05) is 18.4 Å². The van der Waals surface area contributed by atoms with Crippen molar-refractivity contribution >= 4 is 27.5 Å². The van der Waals surface area contributed by atoms with Crippen molar-refractivity contribution in [1.29, 1.82) is 0 Å². The molecule has 1 atom stereocenters. The van der Waals surface area contributed by atoms with Crippen LogP contribution >= 0.6 is 0 Å². The summed E-state index contributed by atoms with van der Waals surface area (Å²) in [7, 11) is -3.70. The Balaban J connectivity index is 1.69. The van der Waals surface area contributed by atoms with Crippen LogP contribution in [-0.2, 0) is 19.6 Å². The van der Waals surface area contributed by atoms with Crippen molar-refractivity contribution < 1.29 is 18.0 Å². The van der Waals surface area contributed by atoms with Crippen molar-refractivity contribution in [3.63, 3.8) is 0 Å². The van der Waals surface area contributed by atoms with Gasteiger partial charge in [0, 0.05) is 24.8 Å². The highest BCUT2D eigenvalue weighted by molar-refractivity contribution is 7.89. The molecule has 1 fully saturated rings. The standard InChI is InChI=1S/C22H27N3O4S/c1-15-12-16(2)20(17(3)13-15)30(28,29)25-11-7-10-19(25)14-23-21(26)22(27)24-18-8-5-4-6-9-18/h4-6,8-9,12-13,19H,7,10-11,14H2,1-3H3,(H,23,26)(H,24,27)/t19-/m1/s1. The number of rotatable bonds is 5. The molecule has 1 aliphatic rings. The van der Waals surface area contributed by atoms with Crippen LogP contribution < -0.4 is 10.6 Å². The molecule has 0 aliphatic carbocycles. The lowest BCUT2D eigenvalue weighted by Gasteiger charge is -2.26. The van der Waals surface area contributed by atoms with E-state index in [2.05, 4.69) is 10.6 Å². The lowest BCUT2D eigenvalue weighted by Crippen LogP contribution is -2.45. The average Bonchev–Trinajstić information content (AvgIpc) is 3.15. The van der Waals surface area contributed by atoms with Gasteiger partial charge in [-0.05, 0) is 56.9 Å². The fraction of sp³-hybridized carbons (Fsp3) is 0.364. The zero-order chi connectivity index (χ0) is 21.9. The number of carbonyl (C=O) groups excluding carboxylic acids is 2. The van der Waals surface area contributed by atoms with Gasteiger partial charge in [-0.1, -0.05) is 35.9 Å². The van der Waals surface area contributed by atoms with E-state index in [4.69, 9.17) is 0 Å². The Labute approximate surface area is 177 Å². The van der Waals surface area contributed by atoms with Crippen LogP contribution in [0.1, 0.15) is 29.5 Å². The van der Waals surface area contributed by atoms with Gasteiger partial charge in [0.15, 0.2) is 0 Å². The number of carbonyl (C=O) groups is 2. The van der Waals surface area contributed by atoms with Gasteiger partial charge < -0.3 is 10.6 Å². The molecule has 2 aromatic rings. The first-order valence-corrected chi connectivity index (χ1v) is 11.4. The molecule has 3 rings (SSSR count). The Hall–Kier alpha value is -2.71. The molecule has 0 spiro atoms. The number of amides is 2. The molecule has 0 unspecified atom stereocenters. The highest BCUT2D eigenvalue weighted by Gasteiger charge is 2.37. The maximum absolute atomic E-state index is 13.4. The van der Waals surface area contributed by atoms with E-state index in [1.165, 1.54) is 4.31 Å². The minimum Gasteiger partial charge on any atom is -0.346 e. The Morgan fingerprint density at radius 2 is 1.67 bits per heavy atom. The fourth-order valence-electron chi connectivity index (χ4n) is 4.02. The van der Waals surface area contributed by atoms with Gasteiger partial charge in [-0.25, -0.2) is 8.42 Å². The Kier molecular flexibility index (Phi) is 6.58. The number of nitrogens with zero attached hydrogens (tertiary/aromatic N) is 1. The summed E-state index contributed by atoms with van der Waals surface area (Å²) in [6.07, 6.45) is 1.34. The number of hydrogen-bond donors (Lipinski definition) is 2. The van der Waals surface area contributed by atoms with E-state index in [-0.39, 0.29) is 12.6 Å². The molecular formula is C22H27N3O4S. The number of sulfonamides is 1. The van der Waals surface area contributed by atoms with Crippen LogP contribution in [0.2, 0.25) is 0 Å². The van der Waals surface area contributed by atoms with Gasteiger partial charge in [-0.15, -0.1) is 0 Å². The lowest BCUT2D eigenvalue weighted by molar-refractivity contribution is -0.136. The molecule has 1 aliphatic heterocycles. The average molecular weight is 430 g/mol. The third kappa shape index (κ3) is 4.71. The summed E-state index contributed by atoms with van der Waals surface area (Å²) in [6, 6.07) is 12.0. The highest BCUT2D eigenvalue weighted by Crippen LogP contribution is 2.30. The molecule has 1 heterocycles. The molecule has 160 valence electrons. The third-order valence-corrected chi connectivity index (χ3v) is 7.49. The zero-order valence-corrected chi connectivity index (χ0v) is 18.3. The van der Waals surface area contributed by atoms with Crippen LogP contribution in [0, 0.1) is 20.8 Å². The predicted molar refractivity (Wildman–Crippen MR) is 116 cm³/mol. The summed E-state index contributed by atoms with van der Waals surface area (Å²) in [5.41, 5.74) is 2.96. The second-order valence-electron chi connectivity index (χ2n) is 7.67. The largest absolute Gasteiger partial charge is 0.346 e. The summed E-state index contributed by atoms with van der Waals surface area (Å²) >= 11 is 0. The Morgan fingerprint density at radius 3 is 2.30 bits per heavy atom. The number of anilines is 1.